The zero-order chi connectivity index (χ0) is 41.0. The van der Waals surface area contributed by atoms with Crippen molar-refractivity contribution in [3.63, 3.8) is 0 Å². The molecule has 2 aromatic rings. The van der Waals surface area contributed by atoms with Crippen molar-refractivity contribution in [2.24, 2.45) is 22.7 Å². The third-order valence-corrected chi connectivity index (χ3v) is 11.9. The number of allylic oxidation sites excluding steroid dienone is 2. The Kier molecular flexibility index (Phi) is 10.6. The third-order valence-electron chi connectivity index (χ3n) is 11.9. The van der Waals surface area contributed by atoms with Gasteiger partial charge in [0.1, 0.15) is 29.5 Å². The highest BCUT2D eigenvalue weighted by molar-refractivity contribution is 5.98. The number of aliphatic hydroxyl groups excluding tert-OH is 1. The van der Waals surface area contributed by atoms with E-state index >= 15 is 0 Å². The van der Waals surface area contributed by atoms with E-state index in [2.05, 4.69) is 5.32 Å². The number of rotatable bonds is 8. The van der Waals surface area contributed by atoms with E-state index in [4.69, 9.17) is 23.7 Å². The predicted molar refractivity (Wildman–Crippen MR) is 201 cm³/mol. The van der Waals surface area contributed by atoms with Crippen LogP contribution in [0.2, 0.25) is 0 Å². The lowest BCUT2D eigenvalue weighted by atomic mass is 9.47. The van der Waals surface area contributed by atoms with E-state index < -0.39 is 99.7 Å². The summed E-state index contributed by atoms with van der Waals surface area (Å²) < 4.78 is 29.8. The second-order valence-corrected chi connectivity index (χ2v) is 17.1. The van der Waals surface area contributed by atoms with Crippen LogP contribution in [-0.2, 0) is 38.1 Å². The van der Waals surface area contributed by atoms with Crippen LogP contribution in [0.1, 0.15) is 83.8 Å². The summed E-state index contributed by atoms with van der Waals surface area (Å²) in [6, 6.07) is 15.2. The van der Waals surface area contributed by atoms with Gasteiger partial charge in [-0.25, -0.2) is 14.4 Å². The van der Waals surface area contributed by atoms with Crippen LogP contribution in [0.3, 0.4) is 0 Å². The van der Waals surface area contributed by atoms with Crippen LogP contribution in [0.4, 0.5) is 4.79 Å². The van der Waals surface area contributed by atoms with Crippen molar-refractivity contribution in [3.8, 4) is 0 Å². The summed E-state index contributed by atoms with van der Waals surface area (Å²) in [5, 5.41) is 27.5. The van der Waals surface area contributed by atoms with Crippen LogP contribution < -0.4 is 5.32 Å². The Balaban J connectivity index is 1.44. The molecule has 0 spiro atoms. The minimum atomic E-state index is -2.09. The van der Waals surface area contributed by atoms with Crippen LogP contribution >= 0.6 is 0 Å². The summed E-state index contributed by atoms with van der Waals surface area (Å²) in [6.07, 6.45) is -1.95. The molecular formula is C43H51NO12. The van der Waals surface area contributed by atoms with Gasteiger partial charge in [0.05, 0.1) is 29.5 Å². The van der Waals surface area contributed by atoms with E-state index in [0.29, 0.717) is 11.1 Å². The van der Waals surface area contributed by atoms with Crippen molar-refractivity contribution in [2.45, 2.75) is 109 Å². The predicted octanol–water partition coefficient (Wildman–Crippen LogP) is 4.95. The number of hydrogen-bond acceptors (Lipinski definition) is 12. The number of amides is 1. The zero-order valence-corrected chi connectivity index (χ0v) is 32.9. The van der Waals surface area contributed by atoms with E-state index in [1.54, 1.807) is 121 Å². The van der Waals surface area contributed by atoms with Crippen molar-refractivity contribution in [1.82, 2.24) is 5.32 Å². The second-order valence-electron chi connectivity index (χ2n) is 17.1. The molecule has 1 amide bonds. The first-order valence-corrected chi connectivity index (χ1v) is 18.8. The molecule has 1 heterocycles. The maximum absolute atomic E-state index is 14.7. The summed E-state index contributed by atoms with van der Waals surface area (Å²) in [6.45, 7) is 13.0. The number of alkyl carbamates (subject to hydrolysis) is 1. The van der Waals surface area contributed by atoms with E-state index in [1.165, 1.54) is 13.0 Å². The highest BCUT2D eigenvalue weighted by Crippen LogP contribution is 2.62. The van der Waals surface area contributed by atoms with Crippen molar-refractivity contribution in [1.29, 1.82) is 0 Å². The molecule has 2 fully saturated rings. The number of esters is 3. The normalized spacial score (nSPS) is 33.6. The Morgan fingerprint density at radius 3 is 2.16 bits per heavy atom. The fourth-order valence-electron chi connectivity index (χ4n) is 8.93. The van der Waals surface area contributed by atoms with E-state index in [1.807, 2.05) is 0 Å². The molecule has 2 bridgehead atoms. The summed E-state index contributed by atoms with van der Waals surface area (Å²) in [5.74, 6) is -4.87. The SMILES string of the molecule is CC(=O)O[C@@]12CO[C@@H]1C=C[C@@]1(C)C(=O)/C=C3/[C@@H](C)[C@@H](OC(=O)[C@H](O)[C@@H](NC(=O)OC(C)(C)C)c4ccccc4)C[C@@](O)([C@@H](OC(=O)c4ccccc4)[C@H]21)C3(C)C. The van der Waals surface area contributed by atoms with E-state index in [-0.39, 0.29) is 18.6 Å². The maximum atomic E-state index is 14.7. The Labute approximate surface area is 326 Å². The molecule has 10 atom stereocenters. The summed E-state index contributed by atoms with van der Waals surface area (Å²) in [5.41, 5.74) is -6.29. The Bertz CT molecular complexity index is 1940. The molecule has 4 aliphatic rings. The van der Waals surface area contributed by atoms with Gasteiger partial charge in [-0.05, 0) is 51.5 Å². The van der Waals surface area contributed by atoms with Gasteiger partial charge in [-0.3, -0.25) is 9.59 Å². The van der Waals surface area contributed by atoms with Crippen molar-refractivity contribution >= 4 is 29.8 Å². The first-order chi connectivity index (χ1) is 26.1. The number of hydrogen-bond donors (Lipinski definition) is 3. The number of ether oxygens (including phenoxy) is 5. The molecule has 1 saturated heterocycles. The van der Waals surface area contributed by atoms with Crippen LogP contribution in [0.5, 0.6) is 0 Å². The third kappa shape index (κ3) is 7.05. The van der Waals surface area contributed by atoms with E-state index in [9.17, 15) is 34.2 Å². The molecule has 6 rings (SSSR count). The van der Waals surface area contributed by atoms with Gasteiger partial charge in [0.25, 0.3) is 0 Å². The first kappa shape index (κ1) is 40.8. The monoisotopic (exact) mass is 773 g/mol. The van der Waals surface area contributed by atoms with Gasteiger partial charge in [0.15, 0.2) is 17.5 Å². The fraction of sp³-hybridized carbons (Fsp3) is 0.512. The Hall–Kier alpha value is -4.85. The van der Waals surface area contributed by atoms with Gasteiger partial charge in [-0.2, -0.15) is 0 Å². The molecule has 3 N–H and O–H groups in total. The van der Waals surface area contributed by atoms with Crippen LogP contribution in [0, 0.1) is 22.7 Å². The minimum absolute atomic E-state index is 0.145. The average molecular weight is 774 g/mol. The number of carbonyl (C=O) groups excluding carboxylic acids is 5. The molecule has 0 radical (unpaired) electrons. The van der Waals surface area contributed by atoms with Gasteiger partial charge in [-0.1, -0.05) is 87.0 Å². The van der Waals surface area contributed by atoms with Gasteiger partial charge in [0, 0.05) is 24.7 Å². The number of nitrogens with one attached hydrogen (secondary N) is 1. The molecule has 300 valence electrons. The minimum Gasteiger partial charge on any atom is -0.460 e. The molecule has 2 aromatic carbocycles. The number of aliphatic hydroxyl groups is 2. The molecule has 0 unspecified atom stereocenters. The van der Waals surface area contributed by atoms with Crippen LogP contribution in [0.15, 0.2) is 84.5 Å². The quantitative estimate of drug-likeness (QED) is 0.187. The van der Waals surface area contributed by atoms with Gasteiger partial charge in [-0.15, -0.1) is 0 Å². The molecule has 3 aliphatic carbocycles. The highest BCUT2D eigenvalue weighted by Gasteiger charge is 2.74. The van der Waals surface area contributed by atoms with Gasteiger partial charge in [0.2, 0.25) is 0 Å². The van der Waals surface area contributed by atoms with Crippen molar-refractivity contribution in [2.75, 3.05) is 6.61 Å². The molecule has 1 aliphatic heterocycles. The summed E-state index contributed by atoms with van der Waals surface area (Å²) >= 11 is 0. The Morgan fingerprint density at radius 1 is 0.964 bits per heavy atom. The molecule has 56 heavy (non-hydrogen) atoms. The smallest absolute Gasteiger partial charge is 0.408 e. The molecular weight excluding hydrogens is 722 g/mol. The lowest BCUT2D eigenvalue weighted by molar-refractivity contribution is -0.306. The second kappa shape index (κ2) is 14.6. The number of carbonyl (C=O) groups is 5. The van der Waals surface area contributed by atoms with Crippen molar-refractivity contribution in [3.05, 3.63) is 95.6 Å². The van der Waals surface area contributed by atoms with Crippen molar-refractivity contribution < 1.29 is 57.9 Å². The summed E-state index contributed by atoms with van der Waals surface area (Å²) in [7, 11) is 0. The lowest BCUT2D eigenvalue weighted by Crippen LogP contribution is -2.77. The van der Waals surface area contributed by atoms with Crippen LogP contribution in [-0.4, -0.2) is 87.8 Å². The highest BCUT2D eigenvalue weighted by atomic mass is 16.6. The molecule has 13 nitrogen and oxygen atoms in total. The largest absolute Gasteiger partial charge is 0.460 e. The lowest BCUT2D eigenvalue weighted by Gasteiger charge is -2.64. The standard InChI is InChI=1S/C43H51NO12/c1-24-28-21-30(46)41(8)20-19-31-42(23-52-31,55-25(2)45)34(41)35(54-36(48)27-17-13-10-14-18-27)43(51,40(28,6)7)22-29(24)53-37(49)33(47)32(26-15-11-9-12-16-26)44-38(50)56-39(3,4)5/h9-21,24,29,31-35,47,51H,22-23H2,1-8H3,(H,44,50)/b28-21-/t24-,29+,31-,32+,33-,34+,35+,41+,42+,43-/m1/s1. The molecule has 13 heteroatoms. The maximum Gasteiger partial charge on any atom is 0.408 e. The Morgan fingerprint density at radius 2 is 1.59 bits per heavy atom. The molecule has 1 saturated carbocycles. The average Bonchev–Trinajstić information content (AvgIpc) is 3.12. The molecule has 0 aromatic heterocycles. The van der Waals surface area contributed by atoms with E-state index in [0.717, 1.165) is 0 Å². The van der Waals surface area contributed by atoms with Gasteiger partial charge < -0.3 is 39.2 Å². The van der Waals surface area contributed by atoms with Gasteiger partial charge >= 0.3 is 24.0 Å². The zero-order valence-electron chi connectivity index (χ0n) is 32.9. The van der Waals surface area contributed by atoms with Crippen LogP contribution in [0.25, 0.3) is 0 Å². The number of benzene rings is 2. The number of fused-ring (bicyclic) bond motifs is 5. The first-order valence-electron chi connectivity index (χ1n) is 18.8. The topological polar surface area (TPSA) is 184 Å². The fourth-order valence-corrected chi connectivity index (χ4v) is 8.93. The number of ketones is 1. The summed E-state index contributed by atoms with van der Waals surface area (Å²) in [4.78, 5) is 68.5.